The van der Waals surface area contributed by atoms with E-state index in [9.17, 15) is 0 Å². The number of rotatable bonds is 4. The molecule has 1 aromatic carbocycles. The number of hydrogen-bond donors (Lipinski definition) is 1. The van der Waals surface area contributed by atoms with E-state index in [4.69, 9.17) is 11.6 Å². The third-order valence-corrected chi connectivity index (χ3v) is 2.95. The third kappa shape index (κ3) is 4.02. The van der Waals surface area contributed by atoms with Crippen LogP contribution in [-0.4, -0.2) is 12.0 Å². The van der Waals surface area contributed by atoms with Crippen molar-refractivity contribution in [3.05, 3.63) is 59.4 Å². The van der Waals surface area contributed by atoms with Gasteiger partial charge in [-0.3, -0.25) is 0 Å². The van der Waals surface area contributed by atoms with Crippen molar-refractivity contribution in [2.24, 2.45) is 0 Å². The number of anilines is 1. The average Bonchev–Trinajstić information content (AvgIpc) is 2.34. The van der Waals surface area contributed by atoms with Crippen LogP contribution in [0.25, 0.3) is 0 Å². The van der Waals surface area contributed by atoms with E-state index in [-0.39, 0.29) is 5.48 Å². The summed E-state index contributed by atoms with van der Waals surface area (Å²) in [6.45, 7) is 3.87. The maximum absolute atomic E-state index is 6.06. The summed E-state index contributed by atoms with van der Waals surface area (Å²) < 4.78 is 2.15. The lowest BCUT2D eigenvalue weighted by molar-refractivity contribution is -0.694. The van der Waals surface area contributed by atoms with Gasteiger partial charge in [0.1, 0.15) is 0 Å². The maximum Gasteiger partial charge on any atom is 0.169 e. The average molecular weight is 265 g/mol. The molecule has 0 saturated heterocycles. The van der Waals surface area contributed by atoms with Crippen molar-refractivity contribution in [2.75, 3.05) is 11.9 Å². The molecule has 0 aliphatic carbocycles. The molecule has 0 bridgehead atoms. The Morgan fingerprint density at radius 2 is 1.78 bits per heavy atom. The topological polar surface area (TPSA) is 45.9 Å². The summed E-state index contributed by atoms with van der Waals surface area (Å²) in [6.07, 6.45) is 4.17. The zero-order chi connectivity index (χ0) is 12.1. The summed E-state index contributed by atoms with van der Waals surface area (Å²) >= 11 is 6.06. The molecule has 0 spiro atoms. The Bertz CT molecular complexity index is 485. The molecule has 1 heterocycles. The van der Waals surface area contributed by atoms with Gasteiger partial charge >= 0.3 is 0 Å². The standard InChI is InChI=1S/C14H16ClN2.H2O/c1-12-6-9-17(10-7-12)11-8-16-14-5-3-2-4-13(14)15;/h2-7,9-10,16H,8,11H2,1H3;1H2/q+1;/p-1. The predicted molar refractivity (Wildman–Crippen MR) is 73.3 cm³/mol. The second kappa shape index (κ2) is 6.99. The minimum Gasteiger partial charge on any atom is -0.870 e. The lowest BCUT2D eigenvalue weighted by Crippen LogP contribution is -2.36. The van der Waals surface area contributed by atoms with Crippen LogP contribution >= 0.6 is 11.6 Å². The van der Waals surface area contributed by atoms with Crippen molar-refractivity contribution in [1.82, 2.24) is 0 Å². The van der Waals surface area contributed by atoms with Crippen molar-refractivity contribution in [1.29, 1.82) is 0 Å². The third-order valence-electron chi connectivity index (χ3n) is 2.62. The van der Waals surface area contributed by atoms with E-state index in [0.717, 1.165) is 23.8 Å². The number of hydrogen-bond acceptors (Lipinski definition) is 2. The Kier molecular flexibility index (Phi) is 5.62. The summed E-state index contributed by atoms with van der Waals surface area (Å²) in [4.78, 5) is 0. The number of nitrogens with one attached hydrogen (secondary N) is 1. The molecule has 2 aromatic rings. The van der Waals surface area contributed by atoms with Crippen LogP contribution < -0.4 is 9.88 Å². The molecule has 0 fully saturated rings. The number of benzene rings is 1. The number of nitrogens with zero attached hydrogens (tertiary/aromatic N) is 1. The molecule has 3 nitrogen and oxygen atoms in total. The maximum atomic E-state index is 6.06. The highest BCUT2D eigenvalue weighted by Crippen LogP contribution is 2.19. The molecule has 0 unspecified atom stereocenters. The molecule has 2 N–H and O–H groups in total. The Morgan fingerprint density at radius 1 is 1.11 bits per heavy atom. The molecule has 1 aromatic heterocycles. The van der Waals surface area contributed by atoms with Crippen molar-refractivity contribution >= 4 is 17.3 Å². The van der Waals surface area contributed by atoms with Gasteiger partial charge in [0.25, 0.3) is 0 Å². The number of para-hydroxylation sites is 1. The van der Waals surface area contributed by atoms with Gasteiger partial charge in [-0.05, 0) is 24.6 Å². The van der Waals surface area contributed by atoms with Gasteiger partial charge in [-0.15, -0.1) is 0 Å². The van der Waals surface area contributed by atoms with Gasteiger partial charge in [0.15, 0.2) is 18.9 Å². The van der Waals surface area contributed by atoms with E-state index < -0.39 is 0 Å². The van der Waals surface area contributed by atoms with Crippen LogP contribution in [0, 0.1) is 6.92 Å². The first-order valence-electron chi connectivity index (χ1n) is 5.70. The SMILES string of the molecule is Cc1cc[n+](CCNc2ccccc2Cl)cc1.[OH-]. The van der Waals surface area contributed by atoms with E-state index in [1.54, 1.807) is 0 Å². The van der Waals surface area contributed by atoms with Gasteiger partial charge in [0.05, 0.1) is 17.3 Å². The highest BCUT2D eigenvalue weighted by atomic mass is 35.5. The van der Waals surface area contributed by atoms with Gasteiger partial charge in [-0.25, -0.2) is 4.57 Å². The molecular formula is C14H17ClN2O. The van der Waals surface area contributed by atoms with Gasteiger partial charge < -0.3 is 10.8 Å². The Morgan fingerprint density at radius 3 is 2.44 bits per heavy atom. The Balaban J connectivity index is 0.00000162. The molecular weight excluding hydrogens is 248 g/mol. The van der Waals surface area contributed by atoms with Gasteiger partial charge in [-0.2, -0.15) is 0 Å². The lowest BCUT2D eigenvalue weighted by Gasteiger charge is -2.05. The molecule has 96 valence electrons. The Labute approximate surface area is 112 Å². The van der Waals surface area contributed by atoms with Crippen molar-refractivity contribution in [2.45, 2.75) is 13.5 Å². The predicted octanol–water partition coefficient (Wildman–Crippen LogP) is 2.87. The monoisotopic (exact) mass is 264 g/mol. The first-order valence-corrected chi connectivity index (χ1v) is 6.07. The van der Waals surface area contributed by atoms with Crippen LogP contribution in [0.15, 0.2) is 48.8 Å². The highest BCUT2D eigenvalue weighted by molar-refractivity contribution is 6.33. The number of halogens is 1. The molecule has 0 aliphatic rings. The zero-order valence-corrected chi connectivity index (χ0v) is 11.1. The van der Waals surface area contributed by atoms with Crippen molar-refractivity contribution < 1.29 is 10.0 Å². The smallest absolute Gasteiger partial charge is 0.169 e. The second-order valence-electron chi connectivity index (χ2n) is 4.02. The molecule has 2 rings (SSSR count). The fraction of sp³-hybridized carbons (Fsp3) is 0.214. The van der Waals surface area contributed by atoms with E-state index in [2.05, 4.69) is 41.3 Å². The van der Waals surface area contributed by atoms with Gasteiger partial charge in [0.2, 0.25) is 0 Å². The van der Waals surface area contributed by atoms with Gasteiger partial charge in [0, 0.05) is 12.1 Å². The second-order valence-corrected chi connectivity index (χ2v) is 4.43. The molecule has 0 aliphatic heterocycles. The van der Waals surface area contributed by atoms with Crippen LogP contribution in [0.2, 0.25) is 5.02 Å². The number of aryl methyl sites for hydroxylation is 1. The summed E-state index contributed by atoms with van der Waals surface area (Å²) in [5.41, 5.74) is 2.27. The Hall–Kier alpha value is -1.58. The van der Waals surface area contributed by atoms with Gasteiger partial charge in [-0.1, -0.05) is 23.7 Å². The van der Waals surface area contributed by atoms with Crippen LogP contribution in [0.4, 0.5) is 5.69 Å². The van der Waals surface area contributed by atoms with Crippen LogP contribution in [0.3, 0.4) is 0 Å². The summed E-state index contributed by atoms with van der Waals surface area (Å²) in [7, 11) is 0. The molecule has 0 atom stereocenters. The van der Waals surface area contributed by atoms with Crippen LogP contribution in [0.5, 0.6) is 0 Å². The number of aromatic nitrogens is 1. The molecule has 4 heteroatoms. The van der Waals surface area contributed by atoms with E-state index >= 15 is 0 Å². The fourth-order valence-corrected chi connectivity index (χ4v) is 1.81. The first kappa shape index (κ1) is 14.5. The van der Waals surface area contributed by atoms with Crippen LogP contribution in [0.1, 0.15) is 5.56 Å². The van der Waals surface area contributed by atoms with E-state index in [1.807, 2.05) is 24.3 Å². The number of pyridine rings is 1. The van der Waals surface area contributed by atoms with E-state index in [1.165, 1.54) is 5.56 Å². The highest BCUT2D eigenvalue weighted by Gasteiger charge is 2.01. The summed E-state index contributed by atoms with van der Waals surface area (Å²) in [5, 5.41) is 4.09. The quantitative estimate of drug-likeness (QED) is 0.863. The lowest BCUT2D eigenvalue weighted by atomic mass is 10.3. The zero-order valence-electron chi connectivity index (χ0n) is 10.3. The normalized spacial score (nSPS) is 9.67. The van der Waals surface area contributed by atoms with Crippen molar-refractivity contribution in [3.63, 3.8) is 0 Å². The largest absolute Gasteiger partial charge is 0.870 e. The molecule has 0 amide bonds. The molecule has 0 radical (unpaired) electrons. The van der Waals surface area contributed by atoms with E-state index in [0.29, 0.717) is 0 Å². The summed E-state index contributed by atoms with van der Waals surface area (Å²) in [6, 6.07) is 12.0. The van der Waals surface area contributed by atoms with Crippen molar-refractivity contribution in [3.8, 4) is 0 Å². The molecule has 18 heavy (non-hydrogen) atoms. The minimum atomic E-state index is 0. The minimum absolute atomic E-state index is 0. The summed E-state index contributed by atoms with van der Waals surface area (Å²) in [5.74, 6) is 0. The van der Waals surface area contributed by atoms with Crippen LogP contribution in [-0.2, 0) is 6.54 Å². The first-order chi connectivity index (χ1) is 8.25. The molecule has 0 saturated carbocycles. The fourth-order valence-electron chi connectivity index (χ4n) is 1.61.